The number of anilines is 1. The first kappa shape index (κ1) is 11.9. The average molecular weight is 243 g/mol. The van der Waals surface area contributed by atoms with Gasteiger partial charge in [0.1, 0.15) is 23.8 Å². The summed E-state index contributed by atoms with van der Waals surface area (Å²) in [5.41, 5.74) is 6.74. The number of nitrogens with two attached hydrogens (primary N) is 1. The van der Waals surface area contributed by atoms with Gasteiger partial charge < -0.3 is 10.5 Å². The van der Waals surface area contributed by atoms with E-state index >= 15 is 0 Å². The Hall–Kier alpha value is -2.55. The van der Waals surface area contributed by atoms with Crippen LogP contribution in [0.25, 0.3) is 5.82 Å². The zero-order chi connectivity index (χ0) is 13.1. The van der Waals surface area contributed by atoms with Gasteiger partial charge in [0.25, 0.3) is 0 Å². The lowest BCUT2D eigenvalue weighted by molar-refractivity contribution is 0.233. The van der Waals surface area contributed by atoms with Crippen molar-refractivity contribution in [2.45, 2.75) is 20.0 Å². The molecule has 0 atom stereocenters. The lowest BCUT2D eigenvalue weighted by Crippen LogP contribution is -2.12. The average Bonchev–Trinajstić information content (AvgIpc) is 2.79. The normalized spacial score (nSPS) is 10.3. The van der Waals surface area contributed by atoms with Gasteiger partial charge in [-0.05, 0) is 26.0 Å². The SMILES string of the molecule is CC(C)Oc1ncnc(-n2cccc2C#N)c1N. The van der Waals surface area contributed by atoms with Crippen LogP contribution in [0.15, 0.2) is 24.7 Å². The number of hydrogen-bond acceptors (Lipinski definition) is 5. The molecule has 2 aromatic rings. The molecule has 0 unspecified atom stereocenters. The summed E-state index contributed by atoms with van der Waals surface area (Å²) >= 11 is 0. The lowest BCUT2D eigenvalue weighted by Gasteiger charge is -2.13. The van der Waals surface area contributed by atoms with E-state index in [2.05, 4.69) is 16.0 Å². The smallest absolute Gasteiger partial charge is 0.242 e. The summed E-state index contributed by atoms with van der Waals surface area (Å²) in [6.07, 6.45) is 3.05. The van der Waals surface area contributed by atoms with Crippen molar-refractivity contribution in [3.63, 3.8) is 0 Å². The molecule has 0 saturated heterocycles. The summed E-state index contributed by atoms with van der Waals surface area (Å²) in [6, 6.07) is 5.51. The van der Waals surface area contributed by atoms with Crippen LogP contribution in [0.1, 0.15) is 19.5 Å². The van der Waals surface area contributed by atoms with Crippen LogP contribution in [0.4, 0.5) is 5.69 Å². The van der Waals surface area contributed by atoms with E-state index in [1.54, 1.807) is 22.9 Å². The number of nitrogen functional groups attached to an aromatic ring is 1. The zero-order valence-electron chi connectivity index (χ0n) is 10.2. The summed E-state index contributed by atoms with van der Waals surface area (Å²) < 4.78 is 7.09. The van der Waals surface area contributed by atoms with E-state index in [0.29, 0.717) is 23.1 Å². The Morgan fingerprint density at radius 3 is 2.89 bits per heavy atom. The third kappa shape index (κ3) is 2.11. The van der Waals surface area contributed by atoms with E-state index in [1.807, 2.05) is 13.8 Å². The van der Waals surface area contributed by atoms with Crippen LogP contribution < -0.4 is 10.5 Å². The van der Waals surface area contributed by atoms with Crippen molar-refractivity contribution in [1.82, 2.24) is 14.5 Å². The van der Waals surface area contributed by atoms with Crippen LogP contribution in [-0.2, 0) is 0 Å². The van der Waals surface area contributed by atoms with Crippen LogP contribution in [0.3, 0.4) is 0 Å². The molecule has 6 heteroatoms. The minimum Gasteiger partial charge on any atom is -0.473 e. The van der Waals surface area contributed by atoms with Crippen molar-refractivity contribution in [3.05, 3.63) is 30.4 Å². The largest absolute Gasteiger partial charge is 0.473 e. The zero-order valence-corrected chi connectivity index (χ0v) is 10.2. The Labute approximate surface area is 105 Å². The highest BCUT2D eigenvalue weighted by atomic mass is 16.5. The first-order valence-electron chi connectivity index (χ1n) is 5.48. The molecular weight excluding hydrogens is 230 g/mol. The maximum atomic E-state index is 8.99. The van der Waals surface area contributed by atoms with Gasteiger partial charge in [-0.2, -0.15) is 10.2 Å². The van der Waals surface area contributed by atoms with Gasteiger partial charge in [0.15, 0.2) is 5.82 Å². The molecule has 2 aromatic heterocycles. The van der Waals surface area contributed by atoms with E-state index in [1.165, 1.54) is 6.33 Å². The molecule has 2 N–H and O–H groups in total. The lowest BCUT2D eigenvalue weighted by atomic mass is 10.4. The second-order valence-corrected chi connectivity index (χ2v) is 3.96. The molecule has 0 aliphatic rings. The molecule has 2 heterocycles. The van der Waals surface area contributed by atoms with Crippen LogP contribution in [0.2, 0.25) is 0 Å². The molecule has 0 fully saturated rings. The van der Waals surface area contributed by atoms with E-state index in [0.717, 1.165) is 0 Å². The van der Waals surface area contributed by atoms with Crippen LogP contribution in [-0.4, -0.2) is 20.6 Å². The third-order valence-electron chi connectivity index (χ3n) is 2.27. The van der Waals surface area contributed by atoms with Gasteiger partial charge in [0.2, 0.25) is 5.88 Å². The van der Waals surface area contributed by atoms with Crippen molar-refractivity contribution in [2.24, 2.45) is 0 Å². The van der Waals surface area contributed by atoms with E-state index < -0.39 is 0 Å². The molecular formula is C12H13N5O. The summed E-state index contributed by atoms with van der Waals surface area (Å²) in [6.45, 7) is 3.77. The van der Waals surface area contributed by atoms with Gasteiger partial charge in [-0.25, -0.2) is 4.98 Å². The van der Waals surface area contributed by atoms with Crippen molar-refractivity contribution in [3.8, 4) is 17.8 Å². The van der Waals surface area contributed by atoms with Crippen LogP contribution in [0.5, 0.6) is 5.88 Å². The molecule has 0 aliphatic carbocycles. The molecule has 0 aliphatic heterocycles. The standard InChI is InChI=1S/C12H13N5O/c1-8(2)18-12-10(14)11(15-7-16-12)17-5-3-4-9(17)6-13/h3-5,7-8H,14H2,1-2H3. The van der Waals surface area contributed by atoms with Gasteiger partial charge in [-0.3, -0.25) is 4.57 Å². The maximum Gasteiger partial charge on any atom is 0.242 e. The molecule has 0 spiro atoms. The topological polar surface area (TPSA) is 89.8 Å². The quantitative estimate of drug-likeness (QED) is 0.882. The highest BCUT2D eigenvalue weighted by molar-refractivity contribution is 5.61. The monoisotopic (exact) mass is 243 g/mol. The highest BCUT2D eigenvalue weighted by Crippen LogP contribution is 2.25. The first-order chi connectivity index (χ1) is 8.63. The molecule has 0 bridgehead atoms. The fraction of sp³-hybridized carbons (Fsp3) is 0.250. The van der Waals surface area contributed by atoms with Crippen molar-refractivity contribution >= 4 is 5.69 Å². The predicted molar refractivity (Wildman–Crippen MR) is 66.3 cm³/mol. The van der Waals surface area contributed by atoms with Gasteiger partial charge in [0, 0.05) is 6.20 Å². The fourth-order valence-electron chi connectivity index (χ4n) is 1.54. The fourth-order valence-corrected chi connectivity index (χ4v) is 1.54. The molecule has 0 radical (unpaired) electrons. The summed E-state index contributed by atoms with van der Waals surface area (Å²) in [5.74, 6) is 0.773. The number of nitrogens with zero attached hydrogens (tertiary/aromatic N) is 4. The number of hydrogen-bond donors (Lipinski definition) is 1. The molecule has 0 aromatic carbocycles. The first-order valence-corrected chi connectivity index (χ1v) is 5.48. The summed E-state index contributed by atoms with van der Waals surface area (Å²) in [4.78, 5) is 8.08. The van der Waals surface area contributed by atoms with Crippen molar-refractivity contribution < 1.29 is 4.74 Å². The Bertz CT molecular complexity index is 597. The molecule has 0 saturated carbocycles. The Morgan fingerprint density at radius 1 is 1.44 bits per heavy atom. The molecule has 0 amide bonds. The summed E-state index contributed by atoms with van der Waals surface area (Å²) in [5, 5.41) is 8.99. The summed E-state index contributed by atoms with van der Waals surface area (Å²) in [7, 11) is 0. The molecule has 2 rings (SSSR count). The van der Waals surface area contributed by atoms with Crippen LogP contribution >= 0.6 is 0 Å². The van der Waals surface area contributed by atoms with E-state index in [9.17, 15) is 0 Å². The van der Waals surface area contributed by atoms with E-state index in [-0.39, 0.29) is 6.10 Å². The molecule has 92 valence electrons. The Balaban J connectivity index is 2.50. The number of nitriles is 1. The predicted octanol–water partition coefficient (Wildman–Crippen LogP) is 1.51. The highest BCUT2D eigenvalue weighted by Gasteiger charge is 2.13. The van der Waals surface area contributed by atoms with Gasteiger partial charge in [-0.15, -0.1) is 0 Å². The minimum absolute atomic E-state index is 0.0323. The molecule has 6 nitrogen and oxygen atoms in total. The minimum atomic E-state index is -0.0323. The van der Waals surface area contributed by atoms with Gasteiger partial charge >= 0.3 is 0 Å². The Kier molecular flexibility index (Phi) is 3.15. The molecule has 18 heavy (non-hydrogen) atoms. The second-order valence-electron chi connectivity index (χ2n) is 3.96. The number of ether oxygens (including phenoxy) is 1. The number of rotatable bonds is 3. The van der Waals surface area contributed by atoms with Gasteiger partial charge in [-0.1, -0.05) is 0 Å². The van der Waals surface area contributed by atoms with Crippen LogP contribution in [0, 0.1) is 11.3 Å². The van der Waals surface area contributed by atoms with E-state index in [4.69, 9.17) is 15.7 Å². The van der Waals surface area contributed by atoms with Crippen molar-refractivity contribution in [2.75, 3.05) is 5.73 Å². The number of aromatic nitrogens is 3. The second kappa shape index (κ2) is 4.75. The van der Waals surface area contributed by atoms with Crippen molar-refractivity contribution in [1.29, 1.82) is 5.26 Å². The third-order valence-corrected chi connectivity index (χ3v) is 2.27. The maximum absolute atomic E-state index is 8.99. The Morgan fingerprint density at radius 2 is 2.22 bits per heavy atom. The van der Waals surface area contributed by atoms with Gasteiger partial charge in [0.05, 0.1) is 6.10 Å².